The maximum atomic E-state index is 6.02. The average molecular weight is 227 g/mol. The van der Waals surface area contributed by atoms with Gasteiger partial charge in [0.1, 0.15) is 5.75 Å². The Hall–Kier alpha value is -1.22. The highest BCUT2D eigenvalue weighted by molar-refractivity contribution is 6.32. The van der Waals surface area contributed by atoms with Gasteiger partial charge in [0.05, 0.1) is 22.6 Å². The molecule has 0 saturated carbocycles. The van der Waals surface area contributed by atoms with Crippen LogP contribution in [-0.2, 0) is 0 Å². The zero-order valence-electron chi connectivity index (χ0n) is 9.12. The molecule has 0 fully saturated rings. The number of halogens is 1. The van der Waals surface area contributed by atoms with E-state index >= 15 is 0 Å². The summed E-state index contributed by atoms with van der Waals surface area (Å²) in [6.07, 6.45) is 0.105. The molecule has 0 heterocycles. The van der Waals surface area contributed by atoms with E-state index in [0.29, 0.717) is 16.6 Å². The Labute approximate surface area is 94.9 Å². The molecule has 0 atom stereocenters. The molecule has 15 heavy (non-hydrogen) atoms. The largest absolute Gasteiger partial charge is 0.489 e. The Bertz CT molecular complexity index is 371. The van der Waals surface area contributed by atoms with Crippen molar-refractivity contribution in [2.45, 2.75) is 26.9 Å². The van der Waals surface area contributed by atoms with Crippen LogP contribution in [0.2, 0.25) is 5.02 Å². The zero-order chi connectivity index (χ0) is 11.4. The molecule has 82 valence electrons. The third kappa shape index (κ3) is 3.80. The molecule has 0 bridgehead atoms. The van der Waals surface area contributed by atoms with Crippen LogP contribution >= 0.6 is 11.6 Å². The van der Waals surface area contributed by atoms with Crippen LogP contribution in [0, 0.1) is 0 Å². The van der Waals surface area contributed by atoms with Crippen molar-refractivity contribution < 1.29 is 4.74 Å². The van der Waals surface area contributed by atoms with Crippen LogP contribution in [0.3, 0.4) is 0 Å². The van der Waals surface area contributed by atoms with Gasteiger partial charge in [-0.15, -0.1) is 0 Å². The molecule has 0 radical (unpaired) electrons. The molecule has 1 rings (SSSR count). The summed E-state index contributed by atoms with van der Waals surface area (Å²) in [4.78, 5) is 4.09. The molecule has 2 N–H and O–H groups in total. The first-order chi connectivity index (χ1) is 6.99. The van der Waals surface area contributed by atoms with Gasteiger partial charge in [-0.25, -0.2) is 4.99 Å². The standard InChI is InChI=1S/C11H15ClN2O/c1-7(2)15-11-5-4-9(6-10(11)12)14-8(3)13/h4-7H,1-3H3,(H2,13,14). The summed E-state index contributed by atoms with van der Waals surface area (Å²) in [5.74, 6) is 1.17. The van der Waals surface area contributed by atoms with Gasteiger partial charge >= 0.3 is 0 Å². The highest BCUT2D eigenvalue weighted by Gasteiger charge is 2.04. The lowest BCUT2D eigenvalue weighted by Crippen LogP contribution is -2.06. The van der Waals surface area contributed by atoms with E-state index in [1.807, 2.05) is 19.9 Å². The maximum absolute atomic E-state index is 6.02. The van der Waals surface area contributed by atoms with Crippen molar-refractivity contribution in [1.82, 2.24) is 0 Å². The van der Waals surface area contributed by atoms with E-state index in [2.05, 4.69) is 4.99 Å². The second-order valence-electron chi connectivity index (χ2n) is 3.53. The topological polar surface area (TPSA) is 47.6 Å². The number of amidine groups is 1. The van der Waals surface area contributed by atoms with E-state index in [-0.39, 0.29) is 6.10 Å². The van der Waals surface area contributed by atoms with E-state index in [9.17, 15) is 0 Å². The van der Waals surface area contributed by atoms with Gasteiger partial charge in [0.15, 0.2) is 0 Å². The lowest BCUT2D eigenvalue weighted by molar-refractivity contribution is 0.242. The Morgan fingerprint density at radius 2 is 2.13 bits per heavy atom. The summed E-state index contributed by atoms with van der Waals surface area (Å²) in [5, 5.41) is 0.547. The van der Waals surface area contributed by atoms with Crippen LogP contribution in [0.4, 0.5) is 5.69 Å². The molecule has 4 heteroatoms. The summed E-state index contributed by atoms with van der Waals surface area (Å²) in [6.45, 7) is 5.63. The number of nitrogens with zero attached hydrogens (tertiary/aromatic N) is 1. The third-order valence-corrected chi connectivity index (χ3v) is 1.88. The summed E-state index contributed by atoms with van der Waals surface area (Å²) in [5.41, 5.74) is 6.20. The van der Waals surface area contributed by atoms with Crippen molar-refractivity contribution in [2.75, 3.05) is 0 Å². The smallest absolute Gasteiger partial charge is 0.138 e. The van der Waals surface area contributed by atoms with E-state index in [0.717, 1.165) is 5.69 Å². The second kappa shape index (κ2) is 5.03. The lowest BCUT2D eigenvalue weighted by atomic mass is 10.3. The predicted octanol–water partition coefficient (Wildman–Crippen LogP) is 3.14. The summed E-state index contributed by atoms with van der Waals surface area (Å²) in [6, 6.07) is 5.35. The fourth-order valence-corrected chi connectivity index (χ4v) is 1.33. The Balaban J connectivity index is 2.93. The van der Waals surface area contributed by atoms with Crippen molar-refractivity contribution in [2.24, 2.45) is 10.7 Å². The highest BCUT2D eigenvalue weighted by Crippen LogP contribution is 2.29. The molecule has 0 aliphatic carbocycles. The lowest BCUT2D eigenvalue weighted by Gasteiger charge is -2.11. The van der Waals surface area contributed by atoms with Gasteiger partial charge in [0.25, 0.3) is 0 Å². The van der Waals surface area contributed by atoms with Crippen molar-refractivity contribution in [3.05, 3.63) is 23.2 Å². The van der Waals surface area contributed by atoms with Crippen LogP contribution in [-0.4, -0.2) is 11.9 Å². The predicted molar refractivity (Wildman–Crippen MR) is 64.2 cm³/mol. The van der Waals surface area contributed by atoms with Crippen LogP contribution in [0.25, 0.3) is 0 Å². The molecule has 1 aromatic rings. The highest BCUT2D eigenvalue weighted by atomic mass is 35.5. The van der Waals surface area contributed by atoms with E-state index in [1.165, 1.54) is 0 Å². The van der Waals surface area contributed by atoms with Gasteiger partial charge < -0.3 is 10.5 Å². The van der Waals surface area contributed by atoms with Gasteiger partial charge in [0.2, 0.25) is 0 Å². The maximum Gasteiger partial charge on any atom is 0.138 e. The van der Waals surface area contributed by atoms with Gasteiger partial charge in [-0.3, -0.25) is 0 Å². The normalized spacial score (nSPS) is 11.9. The minimum Gasteiger partial charge on any atom is -0.489 e. The first-order valence-electron chi connectivity index (χ1n) is 4.76. The quantitative estimate of drug-likeness (QED) is 0.636. The Morgan fingerprint density at radius 3 is 2.60 bits per heavy atom. The monoisotopic (exact) mass is 226 g/mol. The molecular formula is C11H15ClN2O. The molecule has 0 spiro atoms. The minimum atomic E-state index is 0.105. The second-order valence-corrected chi connectivity index (χ2v) is 3.94. The van der Waals surface area contributed by atoms with Crippen LogP contribution in [0.1, 0.15) is 20.8 Å². The number of benzene rings is 1. The van der Waals surface area contributed by atoms with Gasteiger partial charge in [-0.05, 0) is 39.0 Å². The molecule has 0 aromatic heterocycles. The number of ether oxygens (including phenoxy) is 1. The summed E-state index contributed by atoms with van der Waals surface area (Å²) < 4.78 is 5.49. The van der Waals surface area contributed by atoms with Crippen molar-refractivity contribution in [3.63, 3.8) is 0 Å². The minimum absolute atomic E-state index is 0.105. The number of hydrogen-bond acceptors (Lipinski definition) is 2. The number of rotatable bonds is 3. The zero-order valence-corrected chi connectivity index (χ0v) is 9.88. The van der Waals surface area contributed by atoms with Crippen LogP contribution < -0.4 is 10.5 Å². The van der Waals surface area contributed by atoms with Crippen molar-refractivity contribution >= 4 is 23.1 Å². The van der Waals surface area contributed by atoms with Crippen molar-refractivity contribution in [3.8, 4) is 5.75 Å². The van der Waals surface area contributed by atoms with E-state index in [4.69, 9.17) is 22.1 Å². The summed E-state index contributed by atoms with van der Waals surface area (Å²) >= 11 is 6.02. The van der Waals surface area contributed by atoms with Crippen LogP contribution in [0.5, 0.6) is 5.75 Å². The first-order valence-corrected chi connectivity index (χ1v) is 5.14. The average Bonchev–Trinajstić information content (AvgIpc) is 2.08. The molecule has 0 unspecified atom stereocenters. The van der Waals surface area contributed by atoms with E-state index in [1.54, 1.807) is 19.1 Å². The number of nitrogens with two attached hydrogens (primary N) is 1. The molecular weight excluding hydrogens is 212 g/mol. The number of aliphatic imine (C=N–C) groups is 1. The first kappa shape index (κ1) is 11.9. The van der Waals surface area contributed by atoms with Gasteiger partial charge in [-0.1, -0.05) is 11.6 Å². The summed E-state index contributed by atoms with van der Waals surface area (Å²) in [7, 11) is 0. The van der Waals surface area contributed by atoms with Gasteiger partial charge in [-0.2, -0.15) is 0 Å². The van der Waals surface area contributed by atoms with Gasteiger partial charge in [0, 0.05) is 0 Å². The molecule has 0 aliphatic heterocycles. The Kier molecular flexibility index (Phi) is 3.97. The molecule has 0 aliphatic rings. The molecule has 3 nitrogen and oxygen atoms in total. The van der Waals surface area contributed by atoms with E-state index < -0.39 is 0 Å². The fraction of sp³-hybridized carbons (Fsp3) is 0.364. The SMILES string of the molecule is CC(N)=Nc1ccc(OC(C)C)c(Cl)c1. The number of hydrogen-bond donors (Lipinski definition) is 1. The molecule has 0 saturated heterocycles. The Morgan fingerprint density at radius 1 is 1.47 bits per heavy atom. The van der Waals surface area contributed by atoms with Crippen molar-refractivity contribution in [1.29, 1.82) is 0 Å². The fourth-order valence-electron chi connectivity index (χ4n) is 1.11. The third-order valence-electron chi connectivity index (χ3n) is 1.58. The van der Waals surface area contributed by atoms with Crippen LogP contribution in [0.15, 0.2) is 23.2 Å². The molecule has 0 amide bonds. The molecule has 1 aromatic carbocycles.